The van der Waals surface area contributed by atoms with Crippen LogP contribution in [-0.4, -0.2) is 65.1 Å². The molecule has 37 heavy (non-hydrogen) atoms. The number of hydrazone groups is 1. The van der Waals surface area contributed by atoms with Gasteiger partial charge in [-0.15, -0.1) is 0 Å². The average Bonchev–Trinajstić information content (AvgIpc) is 3.12. The van der Waals surface area contributed by atoms with E-state index in [9.17, 15) is 14.4 Å². The van der Waals surface area contributed by atoms with Crippen molar-refractivity contribution >= 4 is 23.4 Å². The van der Waals surface area contributed by atoms with Gasteiger partial charge in [0.05, 0.1) is 11.3 Å². The fraction of sp³-hybridized carbons (Fsp3) is 0.448. The van der Waals surface area contributed by atoms with Crippen molar-refractivity contribution in [3.8, 4) is 0 Å². The molecule has 0 aliphatic carbocycles. The van der Waals surface area contributed by atoms with E-state index in [0.29, 0.717) is 25.8 Å². The number of rotatable bonds is 9. The molecular formula is C29H37N5O3. The van der Waals surface area contributed by atoms with Crippen LogP contribution in [0, 0.1) is 5.41 Å². The van der Waals surface area contributed by atoms with Crippen LogP contribution in [0.25, 0.3) is 0 Å². The summed E-state index contributed by atoms with van der Waals surface area (Å²) in [6.07, 6.45) is 2.99. The van der Waals surface area contributed by atoms with E-state index in [1.165, 1.54) is 10.6 Å². The smallest absolute Gasteiger partial charge is 0.256 e. The summed E-state index contributed by atoms with van der Waals surface area (Å²) in [6.45, 7) is 3.94. The number of nitrogens with one attached hydrogen (secondary N) is 1. The highest BCUT2D eigenvalue weighted by atomic mass is 16.2. The summed E-state index contributed by atoms with van der Waals surface area (Å²) in [5, 5.41) is 8.85. The molecule has 2 aromatic carbocycles. The molecule has 0 saturated carbocycles. The number of piperidine rings is 1. The van der Waals surface area contributed by atoms with Gasteiger partial charge >= 0.3 is 0 Å². The molecule has 8 nitrogen and oxygen atoms in total. The van der Waals surface area contributed by atoms with Crippen LogP contribution < -0.4 is 11.1 Å². The van der Waals surface area contributed by atoms with E-state index < -0.39 is 17.0 Å². The molecule has 2 aliphatic heterocycles. The Labute approximate surface area is 218 Å². The normalized spacial score (nSPS) is 20.3. The number of benzene rings is 2. The van der Waals surface area contributed by atoms with Gasteiger partial charge in [-0.3, -0.25) is 14.4 Å². The summed E-state index contributed by atoms with van der Waals surface area (Å²) < 4.78 is 0. The van der Waals surface area contributed by atoms with Crippen molar-refractivity contribution in [3.63, 3.8) is 0 Å². The largest absolute Gasteiger partial charge is 0.343 e. The fourth-order valence-electron chi connectivity index (χ4n) is 5.19. The van der Waals surface area contributed by atoms with Crippen LogP contribution in [-0.2, 0) is 27.2 Å². The van der Waals surface area contributed by atoms with Crippen molar-refractivity contribution in [1.29, 1.82) is 0 Å². The van der Waals surface area contributed by atoms with E-state index in [2.05, 4.69) is 22.6 Å². The number of hydrogen-bond acceptors (Lipinski definition) is 5. The predicted molar refractivity (Wildman–Crippen MR) is 144 cm³/mol. The Bertz CT molecular complexity index is 1160. The Morgan fingerprint density at radius 3 is 2.32 bits per heavy atom. The van der Waals surface area contributed by atoms with Crippen LogP contribution in [0.3, 0.4) is 0 Å². The van der Waals surface area contributed by atoms with Gasteiger partial charge in [0, 0.05) is 26.6 Å². The second-order valence-corrected chi connectivity index (χ2v) is 10.8. The molecule has 196 valence electrons. The molecule has 1 fully saturated rings. The van der Waals surface area contributed by atoms with Crippen molar-refractivity contribution in [1.82, 2.24) is 15.2 Å². The molecule has 0 unspecified atom stereocenters. The van der Waals surface area contributed by atoms with Crippen LogP contribution in [0.4, 0.5) is 0 Å². The minimum absolute atomic E-state index is 0.100. The fourth-order valence-corrected chi connectivity index (χ4v) is 5.19. The summed E-state index contributed by atoms with van der Waals surface area (Å²) in [5.74, 6) is -0.656. The summed E-state index contributed by atoms with van der Waals surface area (Å²) in [5.41, 5.74) is 7.05. The standard InChI is InChI=1S/C29H37N5O3/c1-28(2,30)26(36)31-23(16-10-15-21-11-6-4-7-12-21)25(35)34-18-17-24-29(20-34,27(37)33(3)32-24)19-22-13-8-5-9-14-22/h4-9,11-14,23H,10,15-20,30H2,1-3H3,(H,31,36)/t23-,29+/m1/s1. The first-order valence-electron chi connectivity index (χ1n) is 12.9. The molecule has 2 atom stereocenters. The van der Waals surface area contributed by atoms with E-state index in [0.717, 1.165) is 24.1 Å². The highest BCUT2D eigenvalue weighted by molar-refractivity contribution is 6.13. The lowest BCUT2D eigenvalue weighted by atomic mass is 9.73. The zero-order valence-corrected chi connectivity index (χ0v) is 21.9. The van der Waals surface area contributed by atoms with Crippen molar-refractivity contribution in [2.75, 3.05) is 20.1 Å². The Morgan fingerprint density at radius 2 is 1.70 bits per heavy atom. The van der Waals surface area contributed by atoms with Gasteiger partial charge in [0.15, 0.2) is 0 Å². The maximum absolute atomic E-state index is 13.9. The lowest BCUT2D eigenvalue weighted by molar-refractivity contribution is -0.142. The maximum atomic E-state index is 13.9. The molecule has 0 radical (unpaired) electrons. The number of likely N-dealkylation sites (tertiary alicyclic amines) is 1. The molecule has 2 aliphatic rings. The van der Waals surface area contributed by atoms with E-state index in [-0.39, 0.29) is 24.3 Å². The van der Waals surface area contributed by atoms with Gasteiger partial charge in [0.2, 0.25) is 11.8 Å². The minimum Gasteiger partial charge on any atom is -0.343 e. The highest BCUT2D eigenvalue weighted by Gasteiger charge is 2.53. The topological polar surface area (TPSA) is 108 Å². The van der Waals surface area contributed by atoms with Gasteiger partial charge in [-0.1, -0.05) is 60.7 Å². The summed E-state index contributed by atoms with van der Waals surface area (Å²) in [6, 6.07) is 19.2. The number of nitrogens with zero attached hydrogens (tertiary/aromatic N) is 3. The molecule has 2 heterocycles. The van der Waals surface area contributed by atoms with Gasteiger partial charge in [0.1, 0.15) is 11.5 Å². The molecule has 3 N–H and O–H groups in total. The molecule has 4 rings (SSSR count). The Balaban J connectivity index is 1.54. The van der Waals surface area contributed by atoms with Crippen molar-refractivity contribution in [2.24, 2.45) is 16.3 Å². The Hall–Kier alpha value is -3.52. The van der Waals surface area contributed by atoms with Crippen LogP contribution >= 0.6 is 0 Å². The third-order valence-electron chi connectivity index (χ3n) is 7.26. The van der Waals surface area contributed by atoms with Crippen molar-refractivity contribution in [3.05, 3.63) is 71.8 Å². The zero-order chi connectivity index (χ0) is 26.6. The molecule has 0 spiro atoms. The van der Waals surface area contributed by atoms with Crippen molar-refractivity contribution < 1.29 is 14.4 Å². The number of amides is 3. The first-order chi connectivity index (χ1) is 17.6. The van der Waals surface area contributed by atoms with Gasteiger partial charge in [-0.25, -0.2) is 5.01 Å². The SMILES string of the molecule is CN1N=C2CCN(C(=O)[C@@H](CCCc3ccccc3)NC(=O)C(C)(C)N)C[C@]2(Cc2ccccc2)C1=O. The third-order valence-corrected chi connectivity index (χ3v) is 7.26. The number of aryl methyl sites for hydroxylation is 1. The van der Waals surface area contributed by atoms with E-state index in [1.807, 2.05) is 48.5 Å². The lowest BCUT2D eigenvalue weighted by Crippen LogP contribution is -2.60. The van der Waals surface area contributed by atoms with Gasteiger partial charge < -0.3 is 16.0 Å². The summed E-state index contributed by atoms with van der Waals surface area (Å²) in [7, 11) is 1.67. The quantitative estimate of drug-likeness (QED) is 0.548. The average molecular weight is 504 g/mol. The highest BCUT2D eigenvalue weighted by Crippen LogP contribution is 2.38. The van der Waals surface area contributed by atoms with Crippen LogP contribution in [0.15, 0.2) is 65.8 Å². The minimum atomic E-state index is -1.11. The Morgan fingerprint density at radius 1 is 1.08 bits per heavy atom. The number of carbonyl (C=O) groups excluding carboxylic acids is 3. The number of nitrogens with two attached hydrogens (primary N) is 1. The second kappa shape index (κ2) is 10.8. The second-order valence-electron chi connectivity index (χ2n) is 10.8. The monoisotopic (exact) mass is 503 g/mol. The summed E-state index contributed by atoms with van der Waals surface area (Å²) >= 11 is 0. The first kappa shape index (κ1) is 26.5. The van der Waals surface area contributed by atoms with Crippen LogP contribution in [0.2, 0.25) is 0 Å². The lowest BCUT2D eigenvalue weighted by Gasteiger charge is -2.41. The molecule has 0 aromatic heterocycles. The van der Waals surface area contributed by atoms with Crippen molar-refractivity contribution in [2.45, 2.75) is 57.5 Å². The number of hydrogen-bond donors (Lipinski definition) is 2. The Kier molecular flexibility index (Phi) is 7.78. The maximum Gasteiger partial charge on any atom is 0.256 e. The van der Waals surface area contributed by atoms with E-state index >= 15 is 0 Å². The predicted octanol–water partition coefficient (Wildman–Crippen LogP) is 2.52. The van der Waals surface area contributed by atoms with Gasteiger partial charge in [-0.2, -0.15) is 5.10 Å². The number of carbonyl (C=O) groups is 3. The van der Waals surface area contributed by atoms with Crippen LogP contribution in [0.5, 0.6) is 0 Å². The van der Waals surface area contributed by atoms with Crippen LogP contribution in [0.1, 0.15) is 44.2 Å². The van der Waals surface area contributed by atoms with Gasteiger partial charge in [-0.05, 0) is 50.7 Å². The zero-order valence-electron chi connectivity index (χ0n) is 21.9. The molecule has 8 heteroatoms. The first-order valence-corrected chi connectivity index (χ1v) is 12.9. The third kappa shape index (κ3) is 5.91. The molecule has 2 aromatic rings. The van der Waals surface area contributed by atoms with E-state index in [4.69, 9.17) is 5.73 Å². The molecular weight excluding hydrogens is 466 g/mol. The number of fused-ring (bicyclic) bond motifs is 1. The molecule has 3 amide bonds. The summed E-state index contributed by atoms with van der Waals surface area (Å²) in [4.78, 5) is 41.8. The molecule has 0 bridgehead atoms. The molecule has 1 saturated heterocycles. The van der Waals surface area contributed by atoms with E-state index in [1.54, 1.807) is 25.8 Å². The van der Waals surface area contributed by atoms with Gasteiger partial charge in [0.25, 0.3) is 5.91 Å².